The number of hydrogen-bond acceptors (Lipinski definition) is 5. The lowest BCUT2D eigenvalue weighted by Gasteiger charge is -2.12. The summed E-state index contributed by atoms with van der Waals surface area (Å²) in [6.45, 7) is 2.09. The molecule has 0 amide bonds. The molecule has 0 unspecified atom stereocenters. The first-order chi connectivity index (χ1) is 11.2. The van der Waals surface area contributed by atoms with E-state index in [1.54, 1.807) is 26.5 Å². The highest BCUT2D eigenvalue weighted by atomic mass is 35.5. The first kappa shape index (κ1) is 17.4. The van der Waals surface area contributed by atoms with E-state index in [-0.39, 0.29) is 0 Å². The highest BCUT2D eigenvalue weighted by Gasteiger charge is 2.09. The highest BCUT2D eigenvalue weighted by Crippen LogP contribution is 2.32. The molecule has 0 radical (unpaired) electrons. The molecule has 1 heterocycles. The number of nitrogens with one attached hydrogen (secondary N) is 1. The molecule has 0 atom stereocenters. The Morgan fingerprint density at radius 1 is 1.13 bits per heavy atom. The van der Waals surface area contributed by atoms with Gasteiger partial charge in [-0.3, -0.25) is 0 Å². The molecule has 2 rings (SSSR count). The van der Waals surface area contributed by atoms with Crippen molar-refractivity contribution in [3.8, 4) is 17.4 Å². The molecule has 0 saturated carbocycles. The van der Waals surface area contributed by atoms with E-state index in [1.165, 1.54) is 0 Å². The summed E-state index contributed by atoms with van der Waals surface area (Å²) >= 11 is 6.25. The quantitative estimate of drug-likeness (QED) is 0.712. The van der Waals surface area contributed by atoms with Gasteiger partial charge >= 0.3 is 0 Å². The second-order valence-electron chi connectivity index (χ2n) is 4.85. The van der Waals surface area contributed by atoms with Crippen molar-refractivity contribution in [3.63, 3.8) is 0 Å². The smallest absolute Gasteiger partial charge is 0.213 e. The number of nitrogens with zero attached hydrogens (tertiary/aromatic N) is 1. The van der Waals surface area contributed by atoms with Crippen molar-refractivity contribution in [1.82, 2.24) is 10.3 Å². The number of aromatic nitrogens is 1. The average Bonchev–Trinajstić information content (AvgIpc) is 2.59. The number of benzene rings is 1. The minimum absolute atomic E-state index is 0.615. The van der Waals surface area contributed by atoms with Crippen LogP contribution in [0.25, 0.3) is 0 Å². The molecule has 1 aromatic heterocycles. The Morgan fingerprint density at radius 3 is 2.61 bits per heavy atom. The zero-order valence-corrected chi connectivity index (χ0v) is 14.1. The Kier molecular flexibility index (Phi) is 6.97. The molecule has 0 aliphatic carbocycles. The number of halogens is 1. The van der Waals surface area contributed by atoms with E-state index in [9.17, 15) is 0 Å². The van der Waals surface area contributed by atoms with Gasteiger partial charge in [-0.15, -0.1) is 0 Å². The van der Waals surface area contributed by atoms with E-state index < -0.39 is 0 Å². The Morgan fingerprint density at radius 2 is 1.91 bits per heavy atom. The zero-order chi connectivity index (χ0) is 16.5. The topological polar surface area (TPSA) is 52.6 Å². The first-order valence-electron chi connectivity index (χ1n) is 7.39. The van der Waals surface area contributed by atoms with Crippen molar-refractivity contribution >= 4 is 11.6 Å². The molecule has 0 spiro atoms. The monoisotopic (exact) mass is 336 g/mol. The molecule has 0 aliphatic heterocycles. The van der Waals surface area contributed by atoms with E-state index in [1.807, 2.05) is 24.3 Å². The van der Waals surface area contributed by atoms with Gasteiger partial charge in [0.1, 0.15) is 0 Å². The maximum absolute atomic E-state index is 6.25. The molecule has 1 aromatic carbocycles. The lowest BCUT2D eigenvalue weighted by molar-refractivity contribution is 0.296. The van der Waals surface area contributed by atoms with Gasteiger partial charge in [0.2, 0.25) is 5.88 Å². The molecular weight excluding hydrogens is 316 g/mol. The average molecular weight is 337 g/mol. The van der Waals surface area contributed by atoms with Crippen molar-refractivity contribution in [1.29, 1.82) is 0 Å². The third-order valence-corrected chi connectivity index (χ3v) is 3.61. The Balaban J connectivity index is 1.74. The van der Waals surface area contributed by atoms with E-state index in [2.05, 4.69) is 10.3 Å². The maximum atomic E-state index is 6.25. The lowest BCUT2D eigenvalue weighted by Crippen LogP contribution is -2.17. The fourth-order valence-corrected chi connectivity index (χ4v) is 2.28. The van der Waals surface area contributed by atoms with Gasteiger partial charge in [0, 0.05) is 29.9 Å². The molecule has 0 bridgehead atoms. The minimum atomic E-state index is 0.615. The maximum Gasteiger partial charge on any atom is 0.213 e. The molecule has 23 heavy (non-hydrogen) atoms. The van der Waals surface area contributed by atoms with Crippen LogP contribution in [0, 0.1) is 0 Å². The highest BCUT2D eigenvalue weighted by molar-refractivity contribution is 6.31. The standard InChI is InChI=1S/C17H21ClN2O3/c1-21-15-10-13(14(18)11-16(15)22-2)12-19-7-5-9-23-17-6-3-4-8-20-17/h3-4,6,8,10-11,19H,5,7,9,12H2,1-2H3. The van der Waals surface area contributed by atoms with Gasteiger partial charge in [-0.1, -0.05) is 17.7 Å². The minimum Gasteiger partial charge on any atom is -0.493 e. The van der Waals surface area contributed by atoms with Gasteiger partial charge in [0.25, 0.3) is 0 Å². The Hall–Kier alpha value is -1.98. The predicted molar refractivity (Wildman–Crippen MR) is 90.6 cm³/mol. The summed E-state index contributed by atoms with van der Waals surface area (Å²) in [6.07, 6.45) is 2.59. The van der Waals surface area contributed by atoms with Crippen LogP contribution >= 0.6 is 11.6 Å². The van der Waals surface area contributed by atoms with E-state index in [0.29, 0.717) is 35.6 Å². The van der Waals surface area contributed by atoms with Crippen LogP contribution in [0.1, 0.15) is 12.0 Å². The van der Waals surface area contributed by atoms with E-state index in [0.717, 1.165) is 18.5 Å². The molecule has 1 N–H and O–H groups in total. The van der Waals surface area contributed by atoms with Crippen molar-refractivity contribution < 1.29 is 14.2 Å². The molecule has 6 heteroatoms. The lowest BCUT2D eigenvalue weighted by atomic mass is 10.2. The molecule has 0 saturated heterocycles. The summed E-state index contributed by atoms with van der Waals surface area (Å²) in [4.78, 5) is 4.11. The van der Waals surface area contributed by atoms with Crippen LogP contribution < -0.4 is 19.5 Å². The molecule has 0 fully saturated rings. The first-order valence-corrected chi connectivity index (χ1v) is 7.77. The largest absolute Gasteiger partial charge is 0.493 e. The fraction of sp³-hybridized carbons (Fsp3) is 0.353. The summed E-state index contributed by atoms with van der Waals surface area (Å²) in [6, 6.07) is 9.26. The van der Waals surface area contributed by atoms with Gasteiger partial charge in [-0.2, -0.15) is 0 Å². The SMILES string of the molecule is COc1cc(Cl)c(CNCCCOc2ccccn2)cc1OC. The number of rotatable bonds is 9. The van der Waals surface area contributed by atoms with E-state index >= 15 is 0 Å². The zero-order valence-electron chi connectivity index (χ0n) is 13.3. The van der Waals surface area contributed by atoms with Gasteiger partial charge in [0.05, 0.1) is 20.8 Å². The van der Waals surface area contributed by atoms with Crippen LogP contribution in [0.5, 0.6) is 17.4 Å². The van der Waals surface area contributed by atoms with Gasteiger partial charge < -0.3 is 19.5 Å². The van der Waals surface area contributed by atoms with Crippen LogP contribution in [0.2, 0.25) is 5.02 Å². The number of hydrogen-bond donors (Lipinski definition) is 1. The van der Waals surface area contributed by atoms with Crippen LogP contribution in [0.4, 0.5) is 0 Å². The normalized spacial score (nSPS) is 10.4. The third kappa shape index (κ3) is 5.30. The van der Waals surface area contributed by atoms with E-state index in [4.69, 9.17) is 25.8 Å². The third-order valence-electron chi connectivity index (χ3n) is 3.25. The van der Waals surface area contributed by atoms with Crippen LogP contribution in [0.3, 0.4) is 0 Å². The summed E-state index contributed by atoms with van der Waals surface area (Å²) < 4.78 is 16.0. The molecule has 2 aromatic rings. The van der Waals surface area contributed by atoms with Crippen molar-refractivity contribution in [2.24, 2.45) is 0 Å². The Bertz CT molecular complexity index is 608. The fourth-order valence-electron chi connectivity index (χ4n) is 2.06. The summed E-state index contributed by atoms with van der Waals surface area (Å²) in [5.41, 5.74) is 0.968. The number of ether oxygens (including phenoxy) is 3. The van der Waals surface area contributed by atoms with Crippen molar-refractivity contribution in [2.75, 3.05) is 27.4 Å². The second-order valence-corrected chi connectivity index (χ2v) is 5.25. The summed E-state index contributed by atoms with van der Waals surface area (Å²) in [7, 11) is 3.20. The second kappa shape index (κ2) is 9.22. The van der Waals surface area contributed by atoms with Crippen molar-refractivity contribution in [2.45, 2.75) is 13.0 Å². The Labute approximate surface area is 141 Å². The summed E-state index contributed by atoms with van der Waals surface area (Å²) in [5.74, 6) is 1.95. The molecular formula is C17H21ClN2O3. The van der Waals surface area contributed by atoms with Crippen LogP contribution in [-0.4, -0.2) is 32.4 Å². The van der Waals surface area contributed by atoms with Crippen LogP contribution in [-0.2, 0) is 6.54 Å². The molecule has 124 valence electrons. The van der Waals surface area contributed by atoms with Gasteiger partial charge in [-0.25, -0.2) is 4.98 Å². The van der Waals surface area contributed by atoms with Crippen molar-refractivity contribution in [3.05, 3.63) is 47.1 Å². The number of methoxy groups -OCH3 is 2. The van der Waals surface area contributed by atoms with Gasteiger partial charge in [0.15, 0.2) is 11.5 Å². The molecule has 0 aliphatic rings. The van der Waals surface area contributed by atoms with Crippen LogP contribution in [0.15, 0.2) is 36.5 Å². The van der Waals surface area contributed by atoms with Gasteiger partial charge in [-0.05, 0) is 30.7 Å². The predicted octanol–water partition coefficient (Wildman–Crippen LogP) is 3.31. The number of pyridine rings is 1. The summed E-state index contributed by atoms with van der Waals surface area (Å²) in [5, 5.41) is 3.99. The molecule has 5 nitrogen and oxygen atoms in total.